The number of hydrogen-bond acceptors (Lipinski definition) is 3. The third-order valence-corrected chi connectivity index (χ3v) is 4.04. The predicted molar refractivity (Wildman–Crippen MR) is 74.3 cm³/mol. The van der Waals surface area contributed by atoms with Crippen LogP contribution in [0.3, 0.4) is 0 Å². The lowest BCUT2D eigenvalue weighted by molar-refractivity contribution is 0.399. The SMILES string of the molecule is Cc1ccc(C(C)n2cncc2C2CCNCC2)o1. The van der Waals surface area contributed by atoms with Gasteiger partial charge in [0.15, 0.2) is 0 Å². The second-order valence-electron chi connectivity index (χ2n) is 5.37. The normalized spacial score (nSPS) is 18.6. The molecule has 0 amide bonds. The molecule has 2 aromatic heterocycles. The monoisotopic (exact) mass is 259 g/mol. The smallest absolute Gasteiger partial charge is 0.126 e. The Hall–Kier alpha value is -1.55. The average Bonchev–Trinajstić information content (AvgIpc) is 3.07. The number of aryl methyl sites for hydroxylation is 1. The largest absolute Gasteiger partial charge is 0.464 e. The first-order valence-electron chi connectivity index (χ1n) is 7.04. The van der Waals surface area contributed by atoms with Gasteiger partial charge >= 0.3 is 0 Å². The van der Waals surface area contributed by atoms with Gasteiger partial charge in [0.25, 0.3) is 0 Å². The highest BCUT2D eigenvalue weighted by atomic mass is 16.3. The summed E-state index contributed by atoms with van der Waals surface area (Å²) in [5.74, 6) is 2.58. The van der Waals surface area contributed by atoms with Crippen molar-refractivity contribution < 1.29 is 4.42 Å². The van der Waals surface area contributed by atoms with Crippen molar-refractivity contribution in [2.45, 2.75) is 38.6 Å². The molecule has 1 atom stereocenters. The fraction of sp³-hybridized carbons (Fsp3) is 0.533. The molecule has 4 heteroatoms. The first kappa shape index (κ1) is 12.5. The lowest BCUT2D eigenvalue weighted by atomic mass is 9.94. The lowest BCUT2D eigenvalue weighted by Gasteiger charge is -2.25. The van der Waals surface area contributed by atoms with Crippen molar-refractivity contribution in [1.29, 1.82) is 0 Å². The molecule has 0 radical (unpaired) electrons. The molecule has 2 aromatic rings. The number of piperidine rings is 1. The van der Waals surface area contributed by atoms with E-state index in [-0.39, 0.29) is 6.04 Å². The number of imidazole rings is 1. The molecule has 0 aromatic carbocycles. The number of nitrogens with zero attached hydrogens (tertiary/aromatic N) is 2. The topological polar surface area (TPSA) is 43.0 Å². The fourth-order valence-electron chi connectivity index (χ4n) is 2.89. The molecule has 0 bridgehead atoms. The Balaban J connectivity index is 1.86. The molecule has 1 aliphatic rings. The minimum atomic E-state index is 0.209. The number of nitrogens with one attached hydrogen (secondary N) is 1. The Kier molecular flexibility index (Phi) is 3.42. The number of aromatic nitrogens is 2. The standard InChI is InChI=1S/C15H21N3O/c1-11-3-4-15(19-11)12(2)18-10-17-9-14(18)13-5-7-16-8-6-13/h3-4,9-10,12-13,16H,5-8H2,1-2H3. The quantitative estimate of drug-likeness (QED) is 0.921. The van der Waals surface area contributed by atoms with Gasteiger partial charge in [0, 0.05) is 17.8 Å². The van der Waals surface area contributed by atoms with Gasteiger partial charge in [-0.15, -0.1) is 0 Å². The Bertz CT molecular complexity index is 537. The molecule has 1 N–H and O–H groups in total. The van der Waals surface area contributed by atoms with E-state index in [0.717, 1.165) is 24.6 Å². The van der Waals surface area contributed by atoms with Crippen molar-refractivity contribution in [3.8, 4) is 0 Å². The van der Waals surface area contributed by atoms with Crippen molar-refractivity contribution in [2.75, 3.05) is 13.1 Å². The van der Waals surface area contributed by atoms with Crippen LogP contribution in [-0.2, 0) is 0 Å². The molecular formula is C15H21N3O. The van der Waals surface area contributed by atoms with E-state index in [1.807, 2.05) is 25.5 Å². The van der Waals surface area contributed by atoms with Crippen LogP contribution in [0.25, 0.3) is 0 Å². The second kappa shape index (κ2) is 5.21. The summed E-state index contributed by atoms with van der Waals surface area (Å²) < 4.78 is 8.01. The van der Waals surface area contributed by atoms with E-state index in [2.05, 4.69) is 27.9 Å². The van der Waals surface area contributed by atoms with E-state index < -0.39 is 0 Å². The summed E-state index contributed by atoms with van der Waals surface area (Å²) in [5, 5.41) is 3.41. The predicted octanol–water partition coefficient (Wildman–Crippen LogP) is 2.86. The van der Waals surface area contributed by atoms with Gasteiger partial charge in [-0.25, -0.2) is 4.98 Å². The maximum Gasteiger partial charge on any atom is 0.126 e. The Labute approximate surface area is 113 Å². The van der Waals surface area contributed by atoms with Crippen LogP contribution in [0.2, 0.25) is 0 Å². The molecule has 0 aliphatic carbocycles. The number of furan rings is 1. The third-order valence-electron chi connectivity index (χ3n) is 4.04. The van der Waals surface area contributed by atoms with Gasteiger partial charge in [0.1, 0.15) is 11.5 Å². The molecule has 0 saturated carbocycles. The molecule has 1 aliphatic heterocycles. The summed E-state index contributed by atoms with van der Waals surface area (Å²) in [7, 11) is 0. The second-order valence-corrected chi connectivity index (χ2v) is 5.37. The van der Waals surface area contributed by atoms with Crippen molar-refractivity contribution in [3.63, 3.8) is 0 Å². The average molecular weight is 259 g/mol. The van der Waals surface area contributed by atoms with Crippen LogP contribution >= 0.6 is 0 Å². The van der Waals surface area contributed by atoms with E-state index in [1.165, 1.54) is 18.5 Å². The van der Waals surface area contributed by atoms with Crippen LogP contribution in [0.4, 0.5) is 0 Å². The van der Waals surface area contributed by atoms with E-state index in [4.69, 9.17) is 4.42 Å². The molecule has 3 rings (SSSR count). The highest BCUT2D eigenvalue weighted by Crippen LogP contribution is 2.29. The van der Waals surface area contributed by atoms with Gasteiger partial charge in [-0.05, 0) is 51.9 Å². The van der Waals surface area contributed by atoms with Gasteiger partial charge in [-0.1, -0.05) is 0 Å². The van der Waals surface area contributed by atoms with Crippen LogP contribution in [0.15, 0.2) is 29.1 Å². The molecule has 3 heterocycles. The Morgan fingerprint density at radius 3 is 2.84 bits per heavy atom. The van der Waals surface area contributed by atoms with Gasteiger partial charge in [0.05, 0.1) is 12.4 Å². The van der Waals surface area contributed by atoms with Crippen LogP contribution in [0.1, 0.15) is 48.9 Å². The summed E-state index contributed by atoms with van der Waals surface area (Å²) in [6.07, 6.45) is 6.33. The third kappa shape index (κ3) is 2.45. The number of hydrogen-bond donors (Lipinski definition) is 1. The van der Waals surface area contributed by atoms with Gasteiger partial charge in [0.2, 0.25) is 0 Å². The molecular weight excluding hydrogens is 238 g/mol. The van der Waals surface area contributed by atoms with E-state index in [0.29, 0.717) is 5.92 Å². The minimum Gasteiger partial charge on any atom is -0.464 e. The molecule has 1 unspecified atom stereocenters. The van der Waals surface area contributed by atoms with Gasteiger partial charge in [-0.3, -0.25) is 0 Å². The fourth-order valence-corrected chi connectivity index (χ4v) is 2.89. The Morgan fingerprint density at radius 2 is 2.16 bits per heavy atom. The summed E-state index contributed by atoms with van der Waals surface area (Å²) in [5.41, 5.74) is 1.34. The van der Waals surface area contributed by atoms with Crippen molar-refractivity contribution in [2.24, 2.45) is 0 Å². The molecule has 19 heavy (non-hydrogen) atoms. The maximum absolute atomic E-state index is 5.75. The van der Waals surface area contributed by atoms with Crippen LogP contribution in [-0.4, -0.2) is 22.6 Å². The van der Waals surface area contributed by atoms with Gasteiger partial charge in [-0.2, -0.15) is 0 Å². The first-order valence-corrected chi connectivity index (χ1v) is 7.04. The molecule has 0 spiro atoms. The zero-order valence-electron chi connectivity index (χ0n) is 11.6. The zero-order chi connectivity index (χ0) is 13.2. The van der Waals surface area contributed by atoms with E-state index >= 15 is 0 Å². The lowest BCUT2D eigenvalue weighted by Crippen LogP contribution is -2.28. The summed E-state index contributed by atoms with van der Waals surface area (Å²) in [6.45, 7) is 6.36. The van der Waals surface area contributed by atoms with Crippen LogP contribution in [0.5, 0.6) is 0 Å². The van der Waals surface area contributed by atoms with E-state index in [9.17, 15) is 0 Å². The zero-order valence-corrected chi connectivity index (χ0v) is 11.6. The molecule has 1 saturated heterocycles. The summed E-state index contributed by atoms with van der Waals surface area (Å²) >= 11 is 0. The van der Waals surface area contributed by atoms with Crippen LogP contribution < -0.4 is 5.32 Å². The van der Waals surface area contributed by atoms with Crippen molar-refractivity contribution in [1.82, 2.24) is 14.9 Å². The number of rotatable bonds is 3. The van der Waals surface area contributed by atoms with Crippen molar-refractivity contribution >= 4 is 0 Å². The van der Waals surface area contributed by atoms with Crippen molar-refractivity contribution in [3.05, 3.63) is 41.9 Å². The molecule has 1 fully saturated rings. The highest BCUT2D eigenvalue weighted by molar-refractivity contribution is 5.15. The Morgan fingerprint density at radius 1 is 1.37 bits per heavy atom. The minimum absolute atomic E-state index is 0.209. The van der Waals surface area contributed by atoms with E-state index in [1.54, 1.807) is 0 Å². The summed E-state index contributed by atoms with van der Waals surface area (Å²) in [4.78, 5) is 4.35. The van der Waals surface area contributed by atoms with Gasteiger partial charge < -0.3 is 14.3 Å². The first-order chi connectivity index (χ1) is 9.25. The van der Waals surface area contributed by atoms with Crippen LogP contribution in [0, 0.1) is 6.92 Å². The highest BCUT2D eigenvalue weighted by Gasteiger charge is 2.22. The molecule has 102 valence electrons. The maximum atomic E-state index is 5.75. The summed E-state index contributed by atoms with van der Waals surface area (Å²) in [6, 6.07) is 4.29. The molecule has 4 nitrogen and oxygen atoms in total.